The molecule has 2 aromatic rings. The van der Waals surface area contributed by atoms with Crippen molar-refractivity contribution >= 4 is 5.91 Å². The number of carbonyl (C=O) groups is 1. The minimum absolute atomic E-state index is 0.100. The molecule has 1 aromatic heterocycles. The summed E-state index contributed by atoms with van der Waals surface area (Å²) in [6.45, 7) is 7.84. The Labute approximate surface area is 141 Å². The lowest BCUT2D eigenvalue weighted by molar-refractivity contribution is -0.0405. The highest BCUT2D eigenvalue weighted by atomic mass is 16.5. The molecule has 0 bridgehead atoms. The number of ether oxygens (including phenoxy) is 1. The van der Waals surface area contributed by atoms with Crippen LogP contribution >= 0.6 is 0 Å². The Morgan fingerprint density at radius 1 is 1.33 bits per heavy atom. The van der Waals surface area contributed by atoms with Crippen LogP contribution in [0.1, 0.15) is 27.6 Å². The zero-order valence-corrected chi connectivity index (χ0v) is 14.1. The number of nitrogens with two attached hydrogens (primary N) is 1. The highest BCUT2D eigenvalue weighted by Gasteiger charge is 2.22. The normalized spacial score (nSPS) is 18.7. The fraction of sp³-hybridized carbons (Fsp3) is 0.471. The Morgan fingerprint density at radius 3 is 2.71 bits per heavy atom. The predicted octanol–water partition coefficient (Wildman–Crippen LogP) is 0.895. The van der Waals surface area contributed by atoms with Crippen LogP contribution in [0.3, 0.4) is 0 Å². The Morgan fingerprint density at radius 2 is 2.08 bits per heavy atom. The van der Waals surface area contributed by atoms with Crippen molar-refractivity contribution in [2.75, 3.05) is 19.7 Å². The fourth-order valence-electron chi connectivity index (χ4n) is 2.99. The van der Waals surface area contributed by atoms with Crippen LogP contribution in [-0.4, -0.2) is 51.4 Å². The van der Waals surface area contributed by atoms with Gasteiger partial charge in [0.1, 0.15) is 11.6 Å². The summed E-state index contributed by atoms with van der Waals surface area (Å²) >= 11 is 0. The average Bonchev–Trinajstić information content (AvgIpc) is 2.86. The largest absolute Gasteiger partial charge is 0.374 e. The molecule has 24 heavy (non-hydrogen) atoms. The van der Waals surface area contributed by atoms with Gasteiger partial charge in [-0.1, -0.05) is 12.1 Å². The minimum atomic E-state index is -0.397. The number of carbonyl (C=O) groups excluding carboxylic acids is 1. The van der Waals surface area contributed by atoms with Crippen LogP contribution in [-0.2, 0) is 17.8 Å². The van der Waals surface area contributed by atoms with E-state index in [1.165, 1.54) is 0 Å². The zero-order valence-electron chi connectivity index (χ0n) is 14.1. The maximum absolute atomic E-state index is 11.1. The minimum Gasteiger partial charge on any atom is -0.374 e. The number of aromatic nitrogens is 3. The highest BCUT2D eigenvalue weighted by molar-refractivity contribution is 5.92. The van der Waals surface area contributed by atoms with Gasteiger partial charge in [-0.15, -0.1) is 0 Å². The molecule has 1 saturated heterocycles. The summed E-state index contributed by atoms with van der Waals surface area (Å²) in [5, 5.41) is 4.40. The molecule has 1 aliphatic heterocycles. The van der Waals surface area contributed by atoms with Gasteiger partial charge in [-0.2, -0.15) is 5.10 Å². The first-order valence-electron chi connectivity index (χ1n) is 8.12. The Kier molecular flexibility index (Phi) is 4.92. The third-order valence-corrected chi connectivity index (χ3v) is 4.21. The van der Waals surface area contributed by atoms with Crippen LogP contribution in [0.2, 0.25) is 0 Å². The van der Waals surface area contributed by atoms with Crippen molar-refractivity contribution in [1.29, 1.82) is 0 Å². The van der Waals surface area contributed by atoms with Crippen LogP contribution in [0.5, 0.6) is 0 Å². The molecule has 0 saturated carbocycles. The molecule has 0 unspecified atom stereocenters. The monoisotopic (exact) mass is 329 g/mol. The molecule has 3 rings (SSSR count). The quantitative estimate of drug-likeness (QED) is 0.880. The first kappa shape index (κ1) is 16.6. The van der Waals surface area contributed by atoms with Gasteiger partial charge in [-0.25, -0.2) is 9.67 Å². The molecule has 1 atom stereocenters. The van der Waals surface area contributed by atoms with E-state index in [1.54, 1.807) is 12.1 Å². The summed E-state index contributed by atoms with van der Waals surface area (Å²) in [5.41, 5.74) is 6.97. The topological polar surface area (TPSA) is 86.3 Å². The van der Waals surface area contributed by atoms with Crippen molar-refractivity contribution in [1.82, 2.24) is 19.7 Å². The molecule has 2 heterocycles. The maximum Gasteiger partial charge on any atom is 0.248 e. The zero-order chi connectivity index (χ0) is 17.1. The summed E-state index contributed by atoms with van der Waals surface area (Å²) in [4.78, 5) is 17.8. The van der Waals surface area contributed by atoms with Crippen molar-refractivity contribution in [3.05, 3.63) is 47.0 Å². The first-order valence-corrected chi connectivity index (χ1v) is 8.12. The predicted molar refractivity (Wildman–Crippen MR) is 89.5 cm³/mol. The van der Waals surface area contributed by atoms with Crippen LogP contribution < -0.4 is 5.73 Å². The van der Waals surface area contributed by atoms with Crippen LogP contribution in [0.4, 0.5) is 0 Å². The van der Waals surface area contributed by atoms with E-state index >= 15 is 0 Å². The van der Waals surface area contributed by atoms with Gasteiger partial charge in [0.25, 0.3) is 0 Å². The van der Waals surface area contributed by atoms with E-state index in [4.69, 9.17) is 10.5 Å². The number of hydrogen-bond donors (Lipinski definition) is 1. The lowest BCUT2D eigenvalue weighted by Crippen LogP contribution is -2.44. The number of benzene rings is 1. The second-order valence-electron chi connectivity index (χ2n) is 6.18. The van der Waals surface area contributed by atoms with Crippen molar-refractivity contribution in [3.8, 4) is 0 Å². The molecule has 0 radical (unpaired) electrons. The van der Waals surface area contributed by atoms with Gasteiger partial charge in [0, 0.05) is 25.2 Å². The van der Waals surface area contributed by atoms with Gasteiger partial charge in [-0.05, 0) is 31.5 Å². The first-order chi connectivity index (χ1) is 11.5. The average molecular weight is 329 g/mol. The number of nitrogens with zero attached hydrogens (tertiary/aromatic N) is 4. The summed E-state index contributed by atoms with van der Waals surface area (Å²) in [6.07, 6.45) is 0.100. The van der Waals surface area contributed by atoms with Crippen molar-refractivity contribution in [2.24, 2.45) is 5.73 Å². The molecule has 1 aliphatic rings. The molecule has 1 amide bonds. The van der Waals surface area contributed by atoms with Crippen molar-refractivity contribution < 1.29 is 9.53 Å². The molecule has 1 fully saturated rings. The molecule has 7 heteroatoms. The van der Waals surface area contributed by atoms with E-state index in [1.807, 2.05) is 30.7 Å². The van der Waals surface area contributed by atoms with E-state index in [0.717, 1.165) is 36.8 Å². The van der Waals surface area contributed by atoms with Crippen molar-refractivity contribution in [3.63, 3.8) is 0 Å². The van der Waals surface area contributed by atoms with Crippen LogP contribution in [0.15, 0.2) is 24.3 Å². The third kappa shape index (κ3) is 3.98. The van der Waals surface area contributed by atoms with Crippen LogP contribution in [0, 0.1) is 13.8 Å². The number of rotatable bonds is 5. The molecular weight excluding hydrogens is 306 g/mol. The van der Waals surface area contributed by atoms with Gasteiger partial charge in [-0.3, -0.25) is 9.69 Å². The number of primary amides is 1. The Bertz CT molecular complexity index is 710. The second-order valence-corrected chi connectivity index (χ2v) is 6.18. The van der Waals surface area contributed by atoms with Crippen molar-refractivity contribution in [2.45, 2.75) is 33.0 Å². The fourth-order valence-corrected chi connectivity index (χ4v) is 2.99. The Hall–Kier alpha value is -2.25. The SMILES string of the molecule is Cc1nc(C)n(C[C@H]2CN(Cc3ccc(C(N)=O)cc3)CCO2)n1. The Balaban J connectivity index is 1.59. The van der Waals surface area contributed by atoms with E-state index in [9.17, 15) is 4.79 Å². The summed E-state index contributed by atoms with van der Waals surface area (Å²) in [5.74, 6) is 1.30. The highest BCUT2D eigenvalue weighted by Crippen LogP contribution is 2.13. The molecule has 128 valence electrons. The summed E-state index contributed by atoms with van der Waals surface area (Å²) < 4.78 is 7.78. The second kappa shape index (κ2) is 7.11. The lowest BCUT2D eigenvalue weighted by atomic mass is 10.1. The van der Waals surface area contributed by atoms with E-state index in [2.05, 4.69) is 15.0 Å². The maximum atomic E-state index is 11.1. The van der Waals surface area contributed by atoms with Gasteiger partial charge in [0.05, 0.1) is 19.3 Å². The summed E-state index contributed by atoms with van der Waals surface area (Å²) in [6, 6.07) is 7.46. The number of amides is 1. The third-order valence-electron chi connectivity index (χ3n) is 4.21. The molecule has 0 aliphatic carbocycles. The van der Waals surface area contributed by atoms with Gasteiger partial charge in [0.2, 0.25) is 5.91 Å². The number of morpholine rings is 1. The van der Waals surface area contributed by atoms with Crippen LogP contribution in [0.25, 0.3) is 0 Å². The number of aryl methyl sites for hydroxylation is 2. The van der Waals surface area contributed by atoms with E-state index in [-0.39, 0.29) is 6.10 Å². The lowest BCUT2D eigenvalue weighted by Gasteiger charge is -2.33. The molecule has 7 nitrogen and oxygen atoms in total. The van der Waals surface area contributed by atoms with E-state index < -0.39 is 5.91 Å². The van der Waals surface area contributed by atoms with Gasteiger partial charge in [0.15, 0.2) is 0 Å². The molecular formula is C17H23N5O2. The van der Waals surface area contributed by atoms with Gasteiger partial charge < -0.3 is 10.5 Å². The molecule has 2 N–H and O–H groups in total. The molecule has 1 aromatic carbocycles. The van der Waals surface area contributed by atoms with Gasteiger partial charge >= 0.3 is 0 Å². The van der Waals surface area contributed by atoms with E-state index in [0.29, 0.717) is 18.7 Å². The smallest absolute Gasteiger partial charge is 0.248 e. The standard InChI is InChI=1S/C17H23N5O2/c1-12-19-13(2)22(20-12)11-16-10-21(7-8-24-16)9-14-3-5-15(6-4-14)17(18)23/h3-6,16H,7-11H2,1-2H3,(H2,18,23)/t16-/m1/s1. The summed E-state index contributed by atoms with van der Waals surface area (Å²) in [7, 11) is 0. The number of hydrogen-bond acceptors (Lipinski definition) is 5. The molecule has 0 spiro atoms.